The van der Waals surface area contributed by atoms with E-state index in [1.54, 1.807) is 7.11 Å². The number of rotatable bonds is 9. The highest BCUT2D eigenvalue weighted by atomic mass is 16.5. The highest BCUT2D eigenvalue weighted by Gasteiger charge is 2.16. The zero-order chi connectivity index (χ0) is 15.8. The average molecular weight is 293 g/mol. The van der Waals surface area contributed by atoms with Crippen molar-refractivity contribution in [1.29, 1.82) is 0 Å². The van der Waals surface area contributed by atoms with Gasteiger partial charge in [0.05, 0.1) is 6.61 Å². The van der Waals surface area contributed by atoms with Crippen LogP contribution in [0.2, 0.25) is 0 Å². The second-order valence-corrected chi connectivity index (χ2v) is 5.89. The van der Waals surface area contributed by atoms with Crippen molar-refractivity contribution in [2.45, 2.75) is 52.6 Å². The number of hydrogen-bond acceptors (Lipinski definition) is 4. The third-order valence-electron chi connectivity index (χ3n) is 3.82. The van der Waals surface area contributed by atoms with Crippen LogP contribution < -0.4 is 10.2 Å². The number of nitrogens with one attached hydrogen (secondary N) is 1. The first-order valence-electron chi connectivity index (χ1n) is 7.94. The first-order chi connectivity index (χ1) is 10.0. The predicted molar refractivity (Wildman–Crippen MR) is 90.1 cm³/mol. The Morgan fingerprint density at radius 1 is 1.29 bits per heavy atom. The van der Waals surface area contributed by atoms with Gasteiger partial charge in [0.15, 0.2) is 0 Å². The molecule has 21 heavy (non-hydrogen) atoms. The van der Waals surface area contributed by atoms with Gasteiger partial charge in [-0.3, -0.25) is 0 Å². The van der Waals surface area contributed by atoms with Crippen molar-refractivity contribution in [2.24, 2.45) is 0 Å². The van der Waals surface area contributed by atoms with Gasteiger partial charge in [0.25, 0.3) is 0 Å². The van der Waals surface area contributed by atoms with Gasteiger partial charge < -0.3 is 15.0 Å². The van der Waals surface area contributed by atoms with Crippen LogP contribution in [0.5, 0.6) is 0 Å². The van der Waals surface area contributed by atoms with E-state index in [0.29, 0.717) is 12.0 Å². The number of pyridine rings is 1. The Hall–Kier alpha value is -1.13. The lowest BCUT2D eigenvalue weighted by molar-refractivity contribution is 0.203. The molecular weight excluding hydrogens is 262 g/mol. The molecule has 0 aliphatic heterocycles. The van der Waals surface area contributed by atoms with Crippen molar-refractivity contribution in [3.05, 3.63) is 23.4 Å². The predicted octanol–water partition coefficient (Wildman–Crippen LogP) is 3.18. The minimum absolute atomic E-state index is 0.432. The number of nitrogens with zero attached hydrogens (tertiary/aromatic N) is 2. The van der Waals surface area contributed by atoms with E-state index in [2.05, 4.69) is 50.0 Å². The zero-order valence-electron chi connectivity index (χ0n) is 14.4. The molecule has 0 amide bonds. The largest absolute Gasteiger partial charge is 0.383 e. The third kappa shape index (κ3) is 5.29. The first kappa shape index (κ1) is 17.9. The van der Waals surface area contributed by atoms with Crippen molar-refractivity contribution in [2.75, 3.05) is 32.2 Å². The summed E-state index contributed by atoms with van der Waals surface area (Å²) < 4.78 is 5.26. The topological polar surface area (TPSA) is 37.4 Å². The third-order valence-corrected chi connectivity index (χ3v) is 3.82. The summed E-state index contributed by atoms with van der Waals surface area (Å²) in [4.78, 5) is 7.24. The molecule has 1 rings (SSSR count). The Balaban J connectivity index is 3.14. The Bertz CT molecular complexity index is 420. The summed E-state index contributed by atoms with van der Waals surface area (Å²) in [6.07, 6.45) is 1.10. The summed E-state index contributed by atoms with van der Waals surface area (Å²) in [6.45, 7) is 11.3. The number of hydrogen-bond donors (Lipinski definition) is 1. The molecular formula is C17H31N3O. The van der Waals surface area contributed by atoms with Crippen LogP contribution in [0, 0.1) is 0 Å². The number of aromatic nitrogens is 1. The molecule has 1 heterocycles. The molecule has 0 fully saturated rings. The fraction of sp³-hybridized carbons (Fsp3) is 0.706. The van der Waals surface area contributed by atoms with Crippen molar-refractivity contribution >= 4 is 5.82 Å². The molecule has 4 heteroatoms. The van der Waals surface area contributed by atoms with Crippen LogP contribution in [0.25, 0.3) is 0 Å². The molecule has 0 bridgehead atoms. The maximum atomic E-state index is 5.26. The van der Waals surface area contributed by atoms with E-state index in [4.69, 9.17) is 9.72 Å². The lowest BCUT2D eigenvalue weighted by atomic mass is 10.1. The maximum Gasteiger partial charge on any atom is 0.129 e. The van der Waals surface area contributed by atoms with Gasteiger partial charge in [-0.15, -0.1) is 0 Å². The van der Waals surface area contributed by atoms with Gasteiger partial charge in [0, 0.05) is 31.9 Å². The van der Waals surface area contributed by atoms with Crippen molar-refractivity contribution < 1.29 is 4.74 Å². The van der Waals surface area contributed by atoms with Gasteiger partial charge in [-0.05, 0) is 44.0 Å². The minimum atomic E-state index is 0.432. The standard InChI is InChI=1S/C17H31N3O/c1-7-14(4)20(8-9-21-6)17-11-15(12-18-5)10-16(19-17)13(2)3/h10-11,13-14,18H,7-9,12H2,1-6H3. The van der Waals surface area contributed by atoms with Crippen LogP contribution in [0.1, 0.15) is 51.3 Å². The summed E-state index contributed by atoms with van der Waals surface area (Å²) >= 11 is 0. The fourth-order valence-corrected chi connectivity index (χ4v) is 2.31. The monoisotopic (exact) mass is 293 g/mol. The van der Waals surface area contributed by atoms with Crippen LogP contribution in [-0.2, 0) is 11.3 Å². The van der Waals surface area contributed by atoms with Crippen LogP contribution in [0.15, 0.2) is 12.1 Å². The number of methoxy groups -OCH3 is 1. The molecule has 0 radical (unpaired) electrons. The molecule has 0 saturated carbocycles. The summed E-state index contributed by atoms with van der Waals surface area (Å²) in [5, 5.41) is 3.23. The molecule has 0 saturated heterocycles. The lowest BCUT2D eigenvalue weighted by Gasteiger charge is -2.30. The van der Waals surface area contributed by atoms with Gasteiger partial charge in [-0.2, -0.15) is 0 Å². The molecule has 0 spiro atoms. The fourth-order valence-electron chi connectivity index (χ4n) is 2.31. The molecule has 4 nitrogen and oxygen atoms in total. The summed E-state index contributed by atoms with van der Waals surface area (Å²) in [6, 6.07) is 4.86. The van der Waals surface area contributed by atoms with Crippen molar-refractivity contribution in [3.63, 3.8) is 0 Å². The van der Waals surface area contributed by atoms with Gasteiger partial charge in [-0.1, -0.05) is 20.8 Å². The Kier molecular flexibility index (Phi) is 7.68. The molecule has 0 aliphatic carbocycles. The Morgan fingerprint density at radius 2 is 2.00 bits per heavy atom. The Morgan fingerprint density at radius 3 is 2.52 bits per heavy atom. The quantitative estimate of drug-likeness (QED) is 0.759. The SMILES string of the molecule is CCC(C)N(CCOC)c1cc(CNC)cc(C(C)C)n1. The van der Waals surface area contributed by atoms with E-state index >= 15 is 0 Å². The van der Waals surface area contributed by atoms with E-state index in [0.717, 1.165) is 37.6 Å². The zero-order valence-corrected chi connectivity index (χ0v) is 14.4. The minimum Gasteiger partial charge on any atom is -0.383 e. The molecule has 1 aromatic heterocycles. The maximum absolute atomic E-state index is 5.26. The summed E-state index contributed by atoms with van der Waals surface area (Å²) in [7, 11) is 3.73. The molecule has 0 aromatic carbocycles. The molecule has 1 unspecified atom stereocenters. The van der Waals surface area contributed by atoms with E-state index in [1.807, 2.05) is 7.05 Å². The van der Waals surface area contributed by atoms with E-state index in [-0.39, 0.29) is 0 Å². The molecule has 0 aliphatic rings. The highest BCUT2D eigenvalue weighted by Crippen LogP contribution is 2.22. The van der Waals surface area contributed by atoms with Gasteiger partial charge in [0.2, 0.25) is 0 Å². The molecule has 1 atom stereocenters. The smallest absolute Gasteiger partial charge is 0.129 e. The summed E-state index contributed by atoms with van der Waals surface area (Å²) in [5.74, 6) is 1.50. The second kappa shape index (κ2) is 9.00. The first-order valence-corrected chi connectivity index (χ1v) is 7.94. The Labute approximate surface area is 129 Å². The van der Waals surface area contributed by atoms with Gasteiger partial charge in [-0.25, -0.2) is 4.98 Å². The van der Waals surface area contributed by atoms with E-state index < -0.39 is 0 Å². The van der Waals surface area contributed by atoms with Crippen molar-refractivity contribution in [3.8, 4) is 0 Å². The van der Waals surface area contributed by atoms with E-state index in [9.17, 15) is 0 Å². The van der Waals surface area contributed by atoms with Crippen LogP contribution in [0.4, 0.5) is 5.82 Å². The van der Waals surface area contributed by atoms with Gasteiger partial charge >= 0.3 is 0 Å². The summed E-state index contributed by atoms with van der Waals surface area (Å²) in [5.41, 5.74) is 2.44. The van der Waals surface area contributed by atoms with Gasteiger partial charge in [0.1, 0.15) is 5.82 Å². The number of anilines is 1. The van der Waals surface area contributed by atoms with E-state index in [1.165, 1.54) is 5.56 Å². The van der Waals surface area contributed by atoms with Crippen LogP contribution >= 0.6 is 0 Å². The average Bonchev–Trinajstić information content (AvgIpc) is 2.47. The van der Waals surface area contributed by atoms with Crippen molar-refractivity contribution in [1.82, 2.24) is 10.3 Å². The normalized spacial score (nSPS) is 12.7. The molecule has 1 aromatic rings. The van der Waals surface area contributed by atoms with Crippen LogP contribution in [0.3, 0.4) is 0 Å². The molecule has 1 N–H and O–H groups in total. The highest BCUT2D eigenvalue weighted by molar-refractivity contribution is 5.44. The molecule has 120 valence electrons. The second-order valence-electron chi connectivity index (χ2n) is 5.89. The lowest BCUT2D eigenvalue weighted by Crippen LogP contribution is -2.36. The van der Waals surface area contributed by atoms with Crippen LogP contribution in [-0.4, -0.2) is 38.3 Å². The number of ether oxygens (including phenoxy) is 1.